The van der Waals surface area contributed by atoms with E-state index < -0.39 is 0 Å². The van der Waals surface area contributed by atoms with Gasteiger partial charge in [-0.15, -0.1) is 0 Å². The second-order valence-corrected chi connectivity index (χ2v) is 6.33. The molecule has 108 valence electrons. The number of nitrogens with zero attached hydrogens (tertiary/aromatic N) is 1. The first-order valence-electron chi connectivity index (χ1n) is 7.79. The van der Waals surface area contributed by atoms with E-state index >= 15 is 0 Å². The number of hydrogen-bond donors (Lipinski definition) is 1. The Morgan fingerprint density at radius 2 is 2.05 bits per heavy atom. The Bertz CT molecular complexity index is 504. The molecule has 1 aromatic rings. The number of carbonyl (C=O) groups excluding carboxylic acids is 1. The molecule has 0 aromatic heterocycles. The summed E-state index contributed by atoms with van der Waals surface area (Å²) in [6, 6.07) is 6.65. The van der Waals surface area contributed by atoms with Crippen molar-refractivity contribution < 1.29 is 4.79 Å². The lowest BCUT2D eigenvalue weighted by Crippen LogP contribution is -2.40. The van der Waals surface area contributed by atoms with E-state index in [-0.39, 0.29) is 5.92 Å². The van der Waals surface area contributed by atoms with Crippen LogP contribution in [0.5, 0.6) is 0 Å². The molecule has 2 aliphatic heterocycles. The highest BCUT2D eigenvalue weighted by Gasteiger charge is 2.31. The van der Waals surface area contributed by atoms with Gasteiger partial charge in [0.05, 0.1) is 5.92 Å². The van der Waals surface area contributed by atoms with Crippen LogP contribution in [0.1, 0.15) is 55.2 Å². The zero-order chi connectivity index (χ0) is 14.1. The molecule has 1 N–H and O–H groups in total. The van der Waals surface area contributed by atoms with Gasteiger partial charge in [0.1, 0.15) is 0 Å². The van der Waals surface area contributed by atoms with Crippen molar-refractivity contribution in [2.45, 2.75) is 45.1 Å². The van der Waals surface area contributed by atoms with Gasteiger partial charge in [0.25, 0.3) is 0 Å². The summed E-state index contributed by atoms with van der Waals surface area (Å²) in [6.45, 7) is 7.97. The SMILES string of the molecule is CC(C)c1ccc2c(c1)CNCC2C(=O)N1CCCC1. The maximum atomic E-state index is 12.7. The topological polar surface area (TPSA) is 32.3 Å². The smallest absolute Gasteiger partial charge is 0.231 e. The molecule has 20 heavy (non-hydrogen) atoms. The number of hydrogen-bond acceptors (Lipinski definition) is 2. The van der Waals surface area contributed by atoms with Crippen molar-refractivity contribution in [3.63, 3.8) is 0 Å². The summed E-state index contributed by atoms with van der Waals surface area (Å²) in [4.78, 5) is 14.7. The third kappa shape index (κ3) is 2.47. The molecule has 3 nitrogen and oxygen atoms in total. The molecule has 2 heterocycles. The molecule has 1 saturated heterocycles. The highest BCUT2D eigenvalue weighted by molar-refractivity contribution is 5.85. The van der Waals surface area contributed by atoms with E-state index in [1.165, 1.54) is 16.7 Å². The summed E-state index contributed by atoms with van der Waals surface area (Å²) < 4.78 is 0. The minimum Gasteiger partial charge on any atom is -0.342 e. The van der Waals surface area contributed by atoms with Gasteiger partial charge in [-0.25, -0.2) is 0 Å². The maximum absolute atomic E-state index is 12.7. The van der Waals surface area contributed by atoms with Crippen LogP contribution in [0, 0.1) is 0 Å². The third-order valence-electron chi connectivity index (χ3n) is 4.59. The molecule has 0 radical (unpaired) electrons. The Morgan fingerprint density at radius 1 is 1.30 bits per heavy atom. The van der Waals surface area contributed by atoms with E-state index in [4.69, 9.17) is 0 Å². The fourth-order valence-corrected chi connectivity index (χ4v) is 3.32. The standard InChI is InChI=1S/C17H24N2O/c1-12(2)13-5-6-15-14(9-13)10-18-11-16(15)17(20)19-7-3-4-8-19/h5-6,9,12,16,18H,3-4,7-8,10-11H2,1-2H3. The largest absolute Gasteiger partial charge is 0.342 e. The minimum atomic E-state index is 0.0121. The van der Waals surface area contributed by atoms with Gasteiger partial charge in [-0.2, -0.15) is 0 Å². The van der Waals surface area contributed by atoms with Crippen LogP contribution >= 0.6 is 0 Å². The molecule has 3 rings (SSSR count). The predicted molar refractivity (Wildman–Crippen MR) is 80.8 cm³/mol. The molecule has 2 aliphatic rings. The highest BCUT2D eigenvalue weighted by Crippen LogP contribution is 2.29. The second-order valence-electron chi connectivity index (χ2n) is 6.33. The zero-order valence-electron chi connectivity index (χ0n) is 12.5. The minimum absolute atomic E-state index is 0.0121. The number of fused-ring (bicyclic) bond motifs is 1. The van der Waals surface area contributed by atoms with Crippen molar-refractivity contribution in [2.75, 3.05) is 19.6 Å². The predicted octanol–water partition coefficient (Wildman–Crippen LogP) is 2.62. The number of likely N-dealkylation sites (tertiary alicyclic amines) is 1. The van der Waals surface area contributed by atoms with E-state index in [1.807, 2.05) is 4.90 Å². The highest BCUT2D eigenvalue weighted by atomic mass is 16.2. The number of amides is 1. The van der Waals surface area contributed by atoms with Gasteiger partial charge in [0.2, 0.25) is 5.91 Å². The van der Waals surface area contributed by atoms with E-state index in [0.717, 1.165) is 39.0 Å². The van der Waals surface area contributed by atoms with Crippen LogP contribution in [0.2, 0.25) is 0 Å². The van der Waals surface area contributed by atoms with Crippen molar-refractivity contribution in [3.05, 3.63) is 34.9 Å². The second kappa shape index (κ2) is 5.57. The summed E-state index contributed by atoms with van der Waals surface area (Å²) in [7, 11) is 0. The van der Waals surface area contributed by atoms with Gasteiger partial charge in [-0.1, -0.05) is 32.0 Å². The molecule has 1 atom stereocenters. The first-order chi connectivity index (χ1) is 9.66. The molecule has 3 heteroatoms. The van der Waals surface area contributed by atoms with E-state index in [2.05, 4.69) is 37.4 Å². The lowest BCUT2D eigenvalue weighted by atomic mass is 9.87. The number of benzene rings is 1. The molecule has 1 fully saturated rings. The van der Waals surface area contributed by atoms with Crippen LogP contribution in [0.3, 0.4) is 0 Å². The summed E-state index contributed by atoms with van der Waals surface area (Å²) in [6.07, 6.45) is 2.32. The molecular weight excluding hydrogens is 248 g/mol. The Kier molecular flexibility index (Phi) is 3.79. The van der Waals surface area contributed by atoms with Gasteiger partial charge in [-0.05, 0) is 35.4 Å². The Hall–Kier alpha value is -1.35. The van der Waals surface area contributed by atoms with Crippen LogP contribution in [0.25, 0.3) is 0 Å². The van der Waals surface area contributed by atoms with Gasteiger partial charge in [0, 0.05) is 26.2 Å². The molecule has 0 saturated carbocycles. The molecule has 0 spiro atoms. The Balaban J connectivity index is 1.87. The van der Waals surface area contributed by atoms with E-state index in [9.17, 15) is 4.79 Å². The molecule has 0 bridgehead atoms. The summed E-state index contributed by atoms with van der Waals surface area (Å²) in [5.74, 6) is 0.862. The van der Waals surface area contributed by atoms with Crippen LogP contribution in [-0.4, -0.2) is 30.4 Å². The number of nitrogens with one attached hydrogen (secondary N) is 1. The molecule has 1 amide bonds. The fourth-order valence-electron chi connectivity index (χ4n) is 3.32. The lowest BCUT2D eigenvalue weighted by molar-refractivity contribution is -0.131. The van der Waals surface area contributed by atoms with Gasteiger partial charge >= 0.3 is 0 Å². The van der Waals surface area contributed by atoms with Crippen LogP contribution < -0.4 is 5.32 Å². The molecular formula is C17H24N2O. The van der Waals surface area contributed by atoms with Crippen LogP contribution in [0.4, 0.5) is 0 Å². The maximum Gasteiger partial charge on any atom is 0.231 e. The Morgan fingerprint density at radius 3 is 2.75 bits per heavy atom. The molecule has 0 aliphatic carbocycles. The summed E-state index contributed by atoms with van der Waals surface area (Å²) in [5, 5.41) is 3.41. The first kappa shape index (κ1) is 13.6. The van der Waals surface area contributed by atoms with Crippen molar-refractivity contribution in [1.82, 2.24) is 10.2 Å². The van der Waals surface area contributed by atoms with Crippen molar-refractivity contribution in [3.8, 4) is 0 Å². The zero-order valence-corrected chi connectivity index (χ0v) is 12.5. The number of rotatable bonds is 2. The van der Waals surface area contributed by atoms with Gasteiger partial charge < -0.3 is 10.2 Å². The van der Waals surface area contributed by atoms with Gasteiger partial charge in [0.15, 0.2) is 0 Å². The van der Waals surface area contributed by atoms with Crippen LogP contribution in [-0.2, 0) is 11.3 Å². The normalized spacial score (nSPS) is 22.1. The monoisotopic (exact) mass is 272 g/mol. The van der Waals surface area contributed by atoms with E-state index in [1.54, 1.807) is 0 Å². The van der Waals surface area contributed by atoms with E-state index in [0.29, 0.717) is 11.8 Å². The van der Waals surface area contributed by atoms with Crippen molar-refractivity contribution in [1.29, 1.82) is 0 Å². The first-order valence-corrected chi connectivity index (χ1v) is 7.79. The quantitative estimate of drug-likeness (QED) is 0.897. The van der Waals surface area contributed by atoms with Crippen molar-refractivity contribution >= 4 is 5.91 Å². The summed E-state index contributed by atoms with van der Waals surface area (Å²) >= 11 is 0. The average molecular weight is 272 g/mol. The summed E-state index contributed by atoms with van der Waals surface area (Å²) in [5.41, 5.74) is 3.91. The molecule has 1 aromatic carbocycles. The Labute approximate surface area is 121 Å². The average Bonchev–Trinajstić information content (AvgIpc) is 2.99. The van der Waals surface area contributed by atoms with Gasteiger partial charge in [-0.3, -0.25) is 4.79 Å². The number of carbonyl (C=O) groups is 1. The fraction of sp³-hybridized carbons (Fsp3) is 0.588. The molecule has 1 unspecified atom stereocenters. The third-order valence-corrected chi connectivity index (χ3v) is 4.59. The lowest BCUT2D eigenvalue weighted by Gasteiger charge is -2.29. The van der Waals surface area contributed by atoms with Crippen molar-refractivity contribution in [2.24, 2.45) is 0 Å². The van der Waals surface area contributed by atoms with Crippen LogP contribution in [0.15, 0.2) is 18.2 Å².